The summed E-state index contributed by atoms with van der Waals surface area (Å²) in [6.45, 7) is 4.54. The van der Waals surface area contributed by atoms with Crippen LogP contribution in [0.4, 0.5) is 0 Å². The molecule has 1 N–H and O–H groups in total. The Hall–Kier alpha value is -1.85. The van der Waals surface area contributed by atoms with Gasteiger partial charge in [0.1, 0.15) is 11.7 Å². The third kappa shape index (κ3) is 3.09. The predicted octanol–water partition coefficient (Wildman–Crippen LogP) is 1.70. The molecule has 6 heteroatoms. The Labute approximate surface area is 124 Å². The van der Waals surface area contributed by atoms with Crippen LogP contribution >= 0.6 is 0 Å². The van der Waals surface area contributed by atoms with E-state index in [0.717, 1.165) is 25.0 Å². The average Bonchev–Trinajstić information content (AvgIpc) is 2.87. The molecule has 0 bridgehead atoms. The molecule has 0 aliphatic carbocycles. The molecule has 2 atom stereocenters. The fourth-order valence-electron chi connectivity index (χ4n) is 2.93. The Morgan fingerprint density at radius 2 is 2.14 bits per heavy atom. The largest absolute Gasteiger partial charge is 0.480 e. The first kappa shape index (κ1) is 15.5. The first-order chi connectivity index (χ1) is 9.97. The second kappa shape index (κ2) is 6.28. The summed E-state index contributed by atoms with van der Waals surface area (Å²) < 4.78 is 1.55. The van der Waals surface area contributed by atoms with E-state index >= 15 is 0 Å². The highest BCUT2D eigenvalue weighted by molar-refractivity contribution is 5.95. The zero-order valence-electron chi connectivity index (χ0n) is 12.9. The number of rotatable bonds is 4. The second-order valence-corrected chi connectivity index (χ2v) is 5.65. The van der Waals surface area contributed by atoms with E-state index in [-0.39, 0.29) is 5.91 Å². The minimum absolute atomic E-state index is 0.230. The quantitative estimate of drug-likeness (QED) is 0.916. The van der Waals surface area contributed by atoms with Crippen molar-refractivity contribution in [2.75, 3.05) is 6.54 Å². The molecule has 1 saturated heterocycles. The van der Waals surface area contributed by atoms with Gasteiger partial charge in [0.15, 0.2) is 0 Å². The van der Waals surface area contributed by atoms with Crippen LogP contribution in [0.2, 0.25) is 0 Å². The van der Waals surface area contributed by atoms with Gasteiger partial charge in [-0.15, -0.1) is 0 Å². The van der Waals surface area contributed by atoms with Gasteiger partial charge in [0, 0.05) is 13.6 Å². The van der Waals surface area contributed by atoms with Gasteiger partial charge in [-0.25, -0.2) is 4.79 Å². The number of amides is 1. The summed E-state index contributed by atoms with van der Waals surface area (Å²) in [6, 6.07) is 1.03. The van der Waals surface area contributed by atoms with Gasteiger partial charge in [-0.2, -0.15) is 5.10 Å². The van der Waals surface area contributed by atoms with Crippen LogP contribution in [0.3, 0.4) is 0 Å². The summed E-state index contributed by atoms with van der Waals surface area (Å²) in [5.41, 5.74) is 1.31. The van der Waals surface area contributed by atoms with Crippen molar-refractivity contribution in [3.63, 3.8) is 0 Å². The number of hydrogen-bond acceptors (Lipinski definition) is 3. The maximum atomic E-state index is 12.7. The number of aliphatic carboxylic acids is 1. The van der Waals surface area contributed by atoms with Crippen LogP contribution in [0.25, 0.3) is 0 Å². The lowest BCUT2D eigenvalue weighted by molar-refractivity contribution is -0.144. The van der Waals surface area contributed by atoms with Gasteiger partial charge in [-0.1, -0.05) is 20.3 Å². The predicted molar refractivity (Wildman–Crippen MR) is 78.1 cm³/mol. The third-order valence-corrected chi connectivity index (χ3v) is 4.35. The van der Waals surface area contributed by atoms with Crippen molar-refractivity contribution in [2.24, 2.45) is 13.0 Å². The highest BCUT2D eigenvalue weighted by Crippen LogP contribution is 2.27. The minimum Gasteiger partial charge on any atom is -0.480 e. The summed E-state index contributed by atoms with van der Waals surface area (Å²) in [4.78, 5) is 25.6. The molecule has 0 radical (unpaired) electrons. The molecule has 116 valence electrons. The highest BCUT2D eigenvalue weighted by Gasteiger charge is 2.36. The van der Waals surface area contributed by atoms with E-state index in [1.54, 1.807) is 17.8 Å². The summed E-state index contributed by atoms with van der Waals surface area (Å²) in [5, 5.41) is 13.7. The van der Waals surface area contributed by atoms with E-state index in [1.807, 2.05) is 6.92 Å². The van der Waals surface area contributed by atoms with E-state index in [1.165, 1.54) is 4.90 Å². The van der Waals surface area contributed by atoms with Gasteiger partial charge in [-0.05, 0) is 31.2 Å². The van der Waals surface area contributed by atoms with Gasteiger partial charge in [0.05, 0.1) is 5.69 Å². The molecule has 2 rings (SSSR count). The van der Waals surface area contributed by atoms with Gasteiger partial charge in [-0.3, -0.25) is 9.48 Å². The minimum atomic E-state index is -0.917. The summed E-state index contributed by atoms with van der Waals surface area (Å²) >= 11 is 0. The lowest BCUT2D eigenvalue weighted by Gasteiger charge is -2.36. The molecule has 0 saturated carbocycles. The van der Waals surface area contributed by atoms with Crippen LogP contribution in [-0.2, 0) is 18.3 Å². The number of carboxylic acid groups (broad SMARTS) is 1. The number of carbonyl (C=O) groups excluding carboxylic acids is 1. The number of aryl methyl sites for hydroxylation is 2. The zero-order chi connectivity index (χ0) is 15.6. The lowest BCUT2D eigenvalue weighted by Crippen LogP contribution is -2.50. The average molecular weight is 293 g/mol. The number of carboxylic acids is 1. The molecule has 1 fully saturated rings. The van der Waals surface area contributed by atoms with Crippen molar-refractivity contribution in [1.82, 2.24) is 14.7 Å². The fourth-order valence-corrected chi connectivity index (χ4v) is 2.93. The summed E-state index contributed by atoms with van der Waals surface area (Å²) in [6.07, 6.45) is 3.11. The number of hydrogen-bond donors (Lipinski definition) is 1. The van der Waals surface area contributed by atoms with E-state index < -0.39 is 12.0 Å². The van der Waals surface area contributed by atoms with E-state index in [9.17, 15) is 14.7 Å². The molecule has 1 aromatic rings. The van der Waals surface area contributed by atoms with Crippen molar-refractivity contribution in [3.05, 3.63) is 17.5 Å². The standard InChI is InChI=1S/C15H23N3O3/c1-4-10-6-7-18(13(8-10)15(20)21)14(19)12-9-11(5-2)16-17(12)3/h9-10,13H,4-8H2,1-3H3,(H,20,21). The molecule has 2 unspecified atom stereocenters. The molecule has 1 aliphatic rings. The maximum Gasteiger partial charge on any atom is 0.326 e. The molecule has 1 aliphatic heterocycles. The van der Waals surface area contributed by atoms with Crippen molar-refractivity contribution < 1.29 is 14.7 Å². The molecule has 1 aromatic heterocycles. The number of aromatic nitrogens is 2. The van der Waals surface area contributed by atoms with Crippen LogP contribution in [0.1, 0.15) is 49.3 Å². The van der Waals surface area contributed by atoms with Gasteiger partial charge < -0.3 is 10.0 Å². The van der Waals surface area contributed by atoms with Crippen LogP contribution in [-0.4, -0.2) is 44.3 Å². The second-order valence-electron chi connectivity index (χ2n) is 5.65. The van der Waals surface area contributed by atoms with Gasteiger partial charge in [0.2, 0.25) is 0 Å². The van der Waals surface area contributed by atoms with Gasteiger partial charge >= 0.3 is 5.97 Å². The molecule has 6 nitrogen and oxygen atoms in total. The number of piperidine rings is 1. The number of nitrogens with zero attached hydrogens (tertiary/aromatic N) is 3. The Balaban J connectivity index is 2.23. The van der Waals surface area contributed by atoms with E-state index in [0.29, 0.717) is 24.6 Å². The highest BCUT2D eigenvalue weighted by atomic mass is 16.4. The molecule has 0 aromatic carbocycles. The first-order valence-corrected chi connectivity index (χ1v) is 7.54. The smallest absolute Gasteiger partial charge is 0.326 e. The molecule has 1 amide bonds. The molecule has 2 heterocycles. The molecule has 21 heavy (non-hydrogen) atoms. The Bertz CT molecular complexity index is 538. The van der Waals surface area contributed by atoms with Crippen LogP contribution in [0, 0.1) is 5.92 Å². The normalized spacial score (nSPS) is 22.3. The van der Waals surface area contributed by atoms with Crippen molar-refractivity contribution in [1.29, 1.82) is 0 Å². The first-order valence-electron chi connectivity index (χ1n) is 7.54. The van der Waals surface area contributed by atoms with Crippen molar-refractivity contribution >= 4 is 11.9 Å². The Morgan fingerprint density at radius 3 is 2.67 bits per heavy atom. The Kier molecular flexibility index (Phi) is 4.65. The Morgan fingerprint density at radius 1 is 1.43 bits per heavy atom. The lowest BCUT2D eigenvalue weighted by atomic mass is 9.88. The fraction of sp³-hybridized carbons (Fsp3) is 0.667. The SMILES string of the molecule is CCc1cc(C(=O)N2CCC(CC)CC2C(=O)O)n(C)n1. The topological polar surface area (TPSA) is 75.4 Å². The summed E-state index contributed by atoms with van der Waals surface area (Å²) in [5.74, 6) is -0.765. The van der Waals surface area contributed by atoms with E-state index in [2.05, 4.69) is 12.0 Å². The third-order valence-electron chi connectivity index (χ3n) is 4.35. The number of likely N-dealkylation sites (tertiary alicyclic amines) is 1. The van der Waals surface area contributed by atoms with Crippen LogP contribution in [0.15, 0.2) is 6.07 Å². The zero-order valence-corrected chi connectivity index (χ0v) is 12.9. The monoisotopic (exact) mass is 293 g/mol. The van der Waals surface area contributed by atoms with Crippen LogP contribution < -0.4 is 0 Å². The van der Waals surface area contributed by atoms with Crippen molar-refractivity contribution in [3.8, 4) is 0 Å². The van der Waals surface area contributed by atoms with Crippen LogP contribution in [0.5, 0.6) is 0 Å². The maximum absolute atomic E-state index is 12.7. The number of carbonyl (C=O) groups is 2. The van der Waals surface area contributed by atoms with E-state index in [4.69, 9.17) is 0 Å². The molecular formula is C15H23N3O3. The summed E-state index contributed by atoms with van der Waals surface area (Å²) in [7, 11) is 1.72. The molecule has 0 spiro atoms. The van der Waals surface area contributed by atoms with Crippen molar-refractivity contribution in [2.45, 2.75) is 45.6 Å². The van der Waals surface area contributed by atoms with Gasteiger partial charge in [0.25, 0.3) is 5.91 Å². The molecular weight excluding hydrogens is 270 g/mol.